The number of hydrogen-bond acceptors (Lipinski definition) is 7. The first-order valence-electron chi connectivity index (χ1n) is 9.67. The number of aromatic amines is 1. The van der Waals surface area contributed by atoms with Gasteiger partial charge in [0.15, 0.2) is 6.23 Å². The van der Waals surface area contributed by atoms with Gasteiger partial charge in [0.2, 0.25) is 0 Å². The van der Waals surface area contributed by atoms with Crippen molar-refractivity contribution in [1.29, 1.82) is 0 Å². The Morgan fingerprint density at radius 1 is 1.19 bits per heavy atom. The molecule has 0 aliphatic carbocycles. The second kappa shape index (κ2) is 7.62. The fourth-order valence-electron chi connectivity index (χ4n) is 3.54. The number of hydrogen-bond donors (Lipinski definition) is 1. The van der Waals surface area contributed by atoms with Gasteiger partial charge in [0.1, 0.15) is 11.9 Å². The molecule has 2 aliphatic rings. The highest BCUT2D eigenvalue weighted by molar-refractivity contribution is 7.49. The summed E-state index contributed by atoms with van der Waals surface area (Å²) in [5, 5.41) is 1.79. The van der Waals surface area contributed by atoms with E-state index in [0.717, 1.165) is 16.3 Å². The number of aromatic nitrogens is 2. The highest BCUT2D eigenvalue weighted by atomic mass is 31.2. The Hall–Kier alpha value is -2.97. The normalized spacial score (nSPS) is 24.8. The molecule has 3 aromatic rings. The Bertz CT molecular complexity index is 1360. The van der Waals surface area contributed by atoms with Crippen LogP contribution in [0.2, 0.25) is 0 Å². The number of aryl methyl sites for hydroxylation is 1. The molecule has 2 aliphatic heterocycles. The fraction of sp³-hybridized carbons (Fsp3) is 0.238. The van der Waals surface area contributed by atoms with E-state index in [-0.39, 0.29) is 13.2 Å². The summed E-state index contributed by atoms with van der Waals surface area (Å²) < 4.78 is 36.7. The molecule has 3 heterocycles. The monoisotopic (exact) mass is 442 g/mol. The van der Waals surface area contributed by atoms with E-state index in [9.17, 15) is 14.2 Å². The minimum absolute atomic E-state index is 0.0958. The summed E-state index contributed by atoms with van der Waals surface area (Å²) in [5.74, 6) is 0.490. The molecule has 1 unspecified atom stereocenters. The second-order valence-corrected chi connectivity index (χ2v) is 8.90. The van der Waals surface area contributed by atoms with Gasteiger partial charge in [-0.3, -0.25) is 23.4 Å². The van der Waals surface area contributed by atoms with E-state index in [1.165, 1.54) is 10.8 Å². The third-order valence-electron chi connectivity index (χ3n) is 5.16. The van der Waals surface area contributed by atoms with Crippen LogP contribution < -0.4 is 15.8 Å². The third-order valence-corrected chi connectivity index (χ3v) is 6.48. The molecule has 10 heteroatoms. The van der Waals surface area contributed by atoms with E-state index >= 15 is 0 Å². The Labute approximate surface area is 176 Å². The number of nitrogens with zero attached hydrogens (tertiary/aromatic N) is 1. The average Bonchev–Trinajstić information content (AvgIpc) is 3.24. The van der Waals surface area contributed by atoms with Crippen LogP contribution in [0.5, 0.6) is 5.75 Å². The van der Waals surface area contributed by atoms with Crippen molar-refractivity contribution < 1.29 is 22.9 Å². The molecule has 0 amide bonds. The van der Waals surface area contributed by atoms with Crippen LogP contribution in [0.25, 0.3) is 10.8 Å². The quantitative estimate of drug-likeness (QED) is 0.488. The zero-order chi connectivity index (χ0) is 21.6. The molecule has 0 saturated heterocycles. The molecular formula is C21H19N2O7P. The van der Waals surface area contributed by atoms with Crippen molar-refractivity contribution >= 4 is 18.6 Å². The summed E-state index contributed by atoms with van der Waals surface area (Å²) in [7, 11) is -3.85. The highest BCUT2D eigenvalue weighted by Gasteiger charge is 2.36. The molecule has 0 radical (unpaired) electrons. The molecule has 1 aromatic heterocycles. The van der Waals surface area contributed by atoms with E-state index in [4.69, 9.17) is 18.3 Å². The fourth-order valence-corrected chi connectivity index (χ4v) is 4.79. The van der Waals surface area contributed by atoms with Gasteiger partial charge in [-0.15, -0.1) is 0 Å². The van der Waals surface area contributed by atoms with Crippen LogP contribution in [-0.4, -0.2) is 22.3 Å². The van der Waals surface area contributed by atoms with Gasteiger partial charge in [0, 0.05) is 22.7 Å². The Balaban J connectivity index is 1.28. The number of H-pyrrole nitrogens is 1. The second-order valence-electron chi connectivity index (χ2n) is 7.31. The zero-order valence-electron chi connectivity index (χ0n) is 16.5. The average molecular weight is 442 g/mol. The summed E-state index contributed by atoms with van der Waals surface area (Å²) in [6.07, 6.45) is 3.49. The Kier molecular flexibility index (Phi) is 4.91. The van der Waals surface area contributed by atoms with Crippen LogP contribution in [-0.2, 0) is 25.0 Å². The first kappa shape index (κ1) is 20.0. The van der Waals surface area contributed by atoms with Crippen LogP contribution in [0.4, 0.5) is 0 Å². The predicted octanol–water partition coefficient (Wildman–Crippen LogP) is 3.19. The van der Waals surface area contributed by atoms with Gasteiger partial charge in [0.05, 0.1) is 13.2 Å². The van der Waals surface area contributed by atoms with E-state index in [1.807, 2.05) is 36.4 Å². The molecule has 0 saturated carbocycles. The van der Waals surface area contributed by atoms with Crippen molar-refractivity contribution in [3.05, 3.63) is 86.7 Å². The number of phosphoric ester groups is 1. The van der Waals surface area contributed by atoms with Crippen LogP contribution in [0.3, 0.4) is 0 Å². The molecule has 1 N–H and O–H groups in total. The summed E-state index contributed by atoms with van der Waals surface area (Å²) in [5.41, 5.74) is 0.150. The van der Waals surface area contributed by atoms with Gasteiger partial charge in [-0.1, -0.05) is 42.5 Å². The SMILES string of the molecule is Cc1cn([C@H]2C=C[C@@H](COP3(=O)OCc4ccc5ccccc5c4O3)O2)c(=O)[nH]c1=O. The maximum absolute atomic E-state index is 13.0. The largest absolute Gasteiger partial charge is 0.530 e. The van der Waals surface area contributed by atoms with E-state index in [0.29, 0.717) is 11.3 Å². The summed E-state index contributed by atoms with van der Waals surface area (Å²) in [6.45, 7) is 1.61. The van der Waals surface area contributed by atoms with Gasteiger partial charge in [0.25, 0.3) is 5.56 Å². The number of fused-ring (bicyclic) bond motifs is 3. The predicted molar refractivity (Wildman–Crippen MR) is 112 cm³/mol. The molecule has 3 atom stereocenters. The standard InChI is InChI=1S/C21H19N2O7P/c1-13-10-23(21(25)22-20(13)24)18-9-8-16(29-18)12-28-31(26)27-11-15-7-6-14-4-2-3-5-17(14)19(15)30-31/h2-10,16,18H,11-12H2,1H3,(H,22,24,25)/t16-,18+,31?/m0/s1. The van der Waals surface area contributed by atoms with Crippen LogP contribution in [0.15, 0.2) is 64.3 Å². The first-order chi connectivity index (χ1) is 14.9. The van der Waals surface area contributed by atoms with Crippen molar-refractivity contribution in [2.24, 2.45) is 0 Å². The molecule has 160 valence electrons. The van der Waals surface area contributed by atoms with Crippen LogP contribution in [0.1, 0.15) is 17.4 Å². The lowest BCUT2D eigenvalue weighted by Gasteiger charge is -2.26. The van der Waals surface area contributed by atoms with E-state index < -0.39 is 31.4 Å². The lowest BCUT2D eigenvalue weighted by molar-refractivity contribution is -0.0129. The number of rotatable bonds is 4. The maximum atomic E-state index is 13.0. The lowest BCUT2D eigenvalue weighted by Crippen LogP contribution is -2.33. The zero-order valence-corrected chi connectivity index (χ0v) is 17.4. The van der Waals surface area contributed by atoms with E-state index in [1.54, 1.807) is 19.1 Å². The molecule has 2 aromatic carbocycles. The number of benzene rings is 2. The van der Waals surface area contributed by atoms with Crippen molar-refractivity contribution in [1.82, 2.24) is 9.55 Å². The lowest BCUT2D eigenvalue weighted by atomic mass is 10.1. The van der Waals surface area contributed by atoms with Crippen molar-refractivity contribution in [2.45, 2.75) is 25.9 Å². The first-order valence-corrected chi connectivity index (χ1v) is 11.1. The van der Waals surface area contributed by atoms with Crippen LogP contribution >= 0.6 is 7.82 Å². The highest BCUT2D eigenvalue weighted by Crippen LogP contribution is 2.56. The molecule has 0 fully saturated rings. The smallest absolute Gasteiger partial charge is 0.403 e. The van der Waals surface area contributed by atoms with Gasteiger partial charge in [-0.2, -0.15) is 0 Å². The van der Waals surface area contributed by atoms with Crippen LogP contribution in [0, 0.1) is 6.92 Å². The third kappa shape index (κ3) is 3.77. The van der Waals surface area contributed by atoms with Crippen molar-refractivity contribution in [2.75, 3.05) is 6.61 Å². The molecule has 9 nitrogen and oxygen atoms in total. The van der Waals surface area contributed by atoms with Crippen molar-refractivity contribution in [3.63, 3.8) is 0 Å². The van der Waals surface area contributed by atoms with Gasteiger partial charge in [-0.05, 0) is 18.4 Å². The molecule has 0 spiro atoms. The molecular weight excluding hydrogens is 423 g/mol. The molecule has 5 rings (SSSR count). The molecule has 0 bridgehead atoms. The van der Waals surface area contributed by atoms with Crippen molar-refractivity contribution in [3.8, 4) is 5.75 Å². The number of nitrogens with one attached hydrogen (secondary N) is 1. The summed E-state index contributed by atoms with van der Waals surface area (Å²) in [4.78, 5) is 25.8. The minimum Gasteiger partial charge on any atom is -0.403 e. The van der Waals surface area contributed by atoms with E-state index in [2.05, 4.69) is 4.98 Å². The Morgan fingerprint density at radius 3 is 2.90 bits per heavy atom. The minimum atomic E-state index is -3.85. The maximum Gasteiger partial charge on any atom is 0.530 e. The van der Waals surface area contributed by atoms with Gasteiger partial charge < -0.3 is 9.26 Å². The summed E-state index contributed by atoms with van der Waals surface area (Å²) >= 11 is 0. The molecule has 31 heavy (non-hydrogen) atoms. The van der Waals surface area contributed by atoms with Gasteiger partial charge in [-0.25, -0.2) is 9.36 Å². The number of ether oxygens (including phenoxy) is 1. The van der Waals surface area contributed by atoms with Gasteiger partial charge >= 0.3 is 13.5 Å². The number of phosphoric acid groups is 1. The topological polar surface area (TPSA) is 109 Å². The Morgan fingerprint density at radius 2 is 2.03 bits per heavy atom. The summed E-state index contributed by atoms with van der Waals surface area (Å²) in [6, 6.07) is 11.5.